The van der Waals surface area contributed by atoms with Crippen LogP contribution in [0.5, 0.6) is 0 Å². The first-order valence-corrected chi connectivity index (χ1v) is 7.31. The van der Waals surface area contributed by atoms with Crippen molar-refractivity contribution < 1.29 is 0 Å². The van der Waals surface area contributed by atoms with Gasteiger partial charge in [0.1, 0.15) is 0 Å². The maximum absolute atomic E-state index is 2.40. The summed E-state index contributed by atoms with van der Waals surface area (Å²) in [5, 5.41) is 0. The number of hydrogen-bond donors (Lipinski definition) is 0. The van der Waals surface area contributed by atoms with Crippen molar-refractivity contribution in [3.8, 4) is 0 Å². The van der Waals surface area contributed by atoms with E-state index in [2.05, 4.69) is 31.8 Å². The molecule has 0 atom stereocenters. The number of rotatable bonds is 6. The van der Waals surface area contributed by atoms with Crippen LogP contribution < -0.4 is 0 Å². The Morgan fingerprint density at radius 1 is 1.09 bits per heavy atom. The van der Waals surface area contributed by atoms with Crippen molar-refractivity contribution >= 4 is 8.80 Å². The summed E-state index contributed by atoms with van der Waals surface area (Å²) in [6.07, 6.45) is 9.22. The van der Waals surface area contributed by atoms with Gasteiger partial charge in [-0.05, 0) is 12.8 Å². The molecule has 0 aliphatic heterocycles. The third kappa shape index (κ3) is 9.96. The Morgan fingerprint density at radius 3 is 2.36 bits per heavy atom. The van der Waals surface area contributed by atoms with Gasteiger partial charge in [-0.3, -0.25) is 0 Å². The molecule has 1 radical (unpaired) electrons. The van der Waals surface area contributed by atoms with E-state index in [-0.39, 0.29) is 8.80 Å². The van der Waals surface area contributed by atoms with Crippen LogP contribution in [-0.2, 0) is 0 Å². The molecule has 0 aliphatic carbocycles. The average Bonchev–Trinajstić information content (AvgIpc) is 1.96. The largest absolute Gasteiger partial charge is 0.101 e. The van der Waals surface area contributed by atoms with E-state index >= 15 is 0 Å². The van der Waals surface area contributed by atoms with Crippen LogP contribution in [0.2, 0.25) is 13.1 Å². The van der Waals surface area contributed by atoms with Crippen LogP contribution in [0.3, 0.4) is 0 Å². The van der Waals surface area contributed by atoms with Gasteiger partial charge in [0, 0.05) is 0 Å². The van der Waals surface area contributed by atoms with Gasteiger partial charge in [-0.25, -0.2) is 0 Å². The molecule has 0 bridgehead atoms. The molecule has 0 saturated carbocycles. The fourth-order valence-electron chi connectivity index (χ4n) is 1.01. The van der Waals surface area contributed by atoms with Gasteiger partial charge in [-0.2, -0.15) is 0 Å². The molecule has 0 amide bonds. The maximum atomic E-state index is 2.40. The van der Waals surface area contributed by atoms with Crippen molar-refractivity contribution in [2.24, 2.45) is 0 Å². The maximum Gasteiger partial charge on any atom is 0.0688 e. The molecule has 65 valence electrons. The fourth-order valence-corrected chi connectivity index (χ4v) is 1.65. The van der Waals surface area contributed by atoms with E-state index in [1.165, 1.54) is 32.1 Å². The van der Waals surface area contributed by atoms with Crippen LogP contribution in [0.15, 0.2) is 11.8 Å². The third-order valence-corrected chi connectivity index (χ3v) is 2.58. The van der Waals surface area contributed by atoms with Crippen LogP contribution in [0.4, 0.5) is 0 Å². The number of unbranched alkanes of at least 4 members (excludes halogenated alkanes) is 4. The average molecular weight is 169 g/mol. The van der Waals surface area contributed by atoms with Gasteiger partial charge in [-0.1, -0.05) is 45.4 Å². The van der Waals surface area contributed by atoms with Gasteiger partial charge in [-0.15, -0.1) is 5.70 Å². The molecule has 1 heteroatoms. The van der Waals surface area contributed by atoms with Crippen LogP contribution in [-0.4, -0.2) is 8.80 Å². The Bertz CT molecular complexity index is 95.0. The van der Waals surface area contributed by atoms with E-state index in [4.69, 9.17) is 0 Å². The normalized spacial score (nSPS) is 11.6. The van der Waals surface area contributed by atoms with Gasteiger partial charge in [0.25, 0.3) is 0 Å². The molecule has 0 nitrogen and oxygen atoms in total. The molecule has 0 N–H and O–H groups in total. The van der Waals surface area contributed by atoms with Crippen molar-refractivity contribution in [2.75, 3.05) is 0 Å². The van der Waals surface area contributed by atoms with Gasteiger partial charge < -0.3 is 0 Å². The van der Waals surface area contributed by atoms with Gasteiger partial charge in [0.2, 0.25) is 0 Å². The lowest BCUT2D eigenvalue weighted by molar-refractivity contribution is 0.674. The van der Waals surface area contributed by atoms with E-state index in [1.807, 2.05) is 0 Å². The molecule has 0 aromatic carbocycles. The summed E-state index contributed by atoms with van der Waals surface area (Å²) in [5.74, 6) is 0. The van der Waals surface area contributed by atoms with Crippen molar-refractivity contribution in [1.82, 2.24) is 0 Å². The Hall–Kier alpha value is -0.0431. The number of allylic oxidation sites excluding steroid dienone is 1. The molecule has 0 unspecified atom stereocenters. The second-order valence-corrected chi connectivity index (χ2v) is 5.82. The van der Waals surface area contributed by atoms with Crippen LogP contribution >= 0.6 is 0 Å². The second-order valence-electron chi connectivity index (χ2n) is 3.33. The molecular formula is C10H21Si. The molecule has 0 rings (SSSR count). The molecule has 0 fully saturated rings. The molecule has 0 spiro atoms. The predicted molar refractivity (Wildman–Crippen MR) is 55.4 cm³/mol. The van der Waals surface area contributed by atoms with E-state index < -0.39 is 0 Å². The SMILES string of the molecule is CCCCCCC=C[Si](C)C. The summed E-state index contributed by atoms with van der Waals surface area (Å²) in [7, 11) is -0.108. The standard InChI is InChI=1S/C10H21Si/c1-4-5-6-7-8-9-10-11(2)3/h9-10H,4-8H2,1-3H3. The summed E-state index contributed by atoms with van der Waals surface area (Å²) in [4.78, 5) is 0. The lowest BCUT2D eigenvalue weighted by Crippen LogP contribution is -1.91. The summed E-state index contributed by atoms with van der Waals surface area (Å²) >= 11 is 0. The van der Waals surface area contributed by atoms with Crippen molar-refractivity contribution in [3.05, 3.63) is 11.8 Å². The van der Waals surface area contributed by atoms with E-state index in [0.29, 0.717) is 0 Å². The predicted octanol–water partition coefficient (Wildman–Crippen LogP) is 3.81. The molecule has 0 aliphatic rings. The Balaban J connectivity index is 3.01. The monoisotopic (exact) mass is 169 g/mol. The van der Waals surface area contributed by atoms with Crippen molar-refractivity contribution in [3.63, 3.8) is 0 Å². The quantitative estimate of drug-likeness (QED) is 0.419. The minimum absolute atomic E-state index is 0.108. The third-order valence-electron chi connectivity index (χ3n) is 1.68. The molecule has 0 aromatic rings. The summed E-state index contributed by atoms with van der Waals surface area (Å²) in [6, 6.07) is 0. The molecule has 0 aromatic heterocycles. The van der Waals surface area contributed by atoms with E-state index in [9.17, 15) is 0 Å². The lowest BCUT2D eigenvalue weighted by Gasteiger charge is -1.94. The Labute approximate surface area is 73.3 Å². The highest BCUT2D eigenvalue weighted by Gasteiger charge is 1.86. The highest BCUT2D eigenvalue weighted by molar-refractivity contribution is 6.61. The lowest BCUT2D eigenvalue weighted by atomic mass is 10.2. The Morgan fingerprint density at radius 2 is 1.82 bits per heavy atom. The highest BCUT2D eigenvalue weighted by atomic mass is 28.3. The van der Waals surface area contributed by atoms with Crippen LogP contribution in [0.1, 0.15) is 39.0 Å². The number of hydrogen-bond acceptors (Lipinski definition) is 0. The zero-order valence-electron chi connectivity index (χ0n) is 8.19. The minimum atomic E-state index is -0.108. The van der Waals surface area contributed by atoms with Crippen LogP contribution in [0, 0.1) is 0 Å². The minimum Gasteiger partial charge on any atom is -0.101 e. The summed E-state index contributed by atoms with van der Waals surface area (Å²) in [5.41, 5.74) is 2.40. The second kappa shape index (κ2) is 8.06. The Kier molecular flexibility index (Phi) is 8.03. The van der Waals surface area contributed by atoms with Gasteiger partial charge in [0.05, 0.1) is 8.80 Å². The summed E-state index contributed by atoms with van der Waals surface area (Å²) in [6.45, 7) is 6.91. The zero-order valence-corrected chi connectivity index (χ0v) is 9.19. The van der Waals surface area contributed by atoms with Crippen molar-refractivity contribution in [2.45, 2.75) is 52.1 Å². The fraction of sp³-hybridized carbons (Fsp3) is 0.800. The first-order valence-electron chi connectivity index (χ1n) is 4.74. The smallest absolute Gasteiger partial charge is 0.0688 e. The first kappa shape index (κ1) is 11.0. The van der Waals surface area contributed by atoms with Crippen molar-refractivity contribution in [1.29, 1.82) is 0 Å². The molecule has 11 heavy (non-hydrogen) atoms. The highest BCUT2D eigenvalue weighted by Crippen LogP contribution is 2.02. The zero-order chi connectivity index (χ0) is 8.53. The summed E-state index contributed by atoms with van der Waals surface area (Å²) < 4.78 is 0. The van der Waals surface area contributed by atoms with Crippen LogP contribution in [0.25, 0.3) is 0 Å². The first-order chi connectivity index (χ1) is 5.27. The van der Waals surface area contributed by atoms with E-state index in [1.54, 1.807) is 0 Å². The molecule has 0 heterocycles. The van der Waals surface area contributed by atoms with E-state index in [0.717, 1.165) is 0 Å². The molecule has 0 saturated heterocycles. The molecular weight excluding hydrogens is 148 g/mol. The van der Waals surface area contributed by atoms with Gasteiger partial charge in [0.15, 0.2) is 0 Å². The topological polar surface area (TPSA) is 0 Å². The van der Waals surface area contributed by atoms with Gasteiger partial charge >= 0.3 is 0 Å².